The maximum absolute atomic E-state index is 13.1. The van der Waals surface area contributed by atoms with E-state index in [0.717, 1.165) is 6.07 Å². The molecule has 1 aliphatic rings. The van der Waals surface area contributed by atoms with Crippen molar-refractivity contribution in [3.8, 4) is 5.75 Å². The van der Waals surface area contributed by atoms with Crippen molar-refractivity contribution >= 4 is 15.9 Å². The number of nitrogens with zero attached hydrogens (tertiary/aromatic N) is 2. The number of carbonyl (C=O) groups is 1. The van der Waals surface area contributed by atoms with Crippen molar-refractivity contribution in [2.45, 2.75) is 17.6 Å². The fourth-order valence-electron chi connectivity index (χ4n) is 3.13. The minimum atomic E-state index is -4.66. The highest BCUT2D eigenvalue weighted by Crippen LogP contribution is 2.29. The predicted molar refractivity (Wildman–Crippen MR) is 102 cm³/mol. The van der Waals surface area contributed by atoms with Crippen LogP contribution in [0.1, 0.15) is 16.1 Å². The molecule has 0 atom stereocenters. The molecule has 31 heavy (non-hydrogen) atoms. The van der Waals surface area contributed by atoms with Crippen LogP contribution in [0.3, 0.4) is 0 Å². The van der Waals surface area contributed by atoms with Gasteiger partial charge in [-0.25, -0.2) is 8.42 Å². The van der Waals surface area contributed by atoms with Crippen molar-refractivity contribution in [3.05, 3.63) is 47.9 Å². The molecule has 0 N–H and O–H groups in total. The van der Waals surface area contributed by atoms with Crippen LogP contribution in [-0.4, -0.2) is 69.7 Å². The van der Waals surface area contributed by atoms with Crippen molar-refractivity contribution in [2.24, 2.45) is 0 Å². The van der Waals surface area contributed by atoms with Gasteiger partial charge in [-0.2, -0.15) is 17.5 Å². The summed E-state index contributed by atoms with van der Waals surface area (Å²) in [5, 5.41) is 0. The maximum Gasteiger partial charge on any atom is 0.406 e. The lowest BCUT2D eigenvalue weighted by molar-refractivity contribution is -0.142. The molecule has 8 nitrogen and oxygen atoms in total. The number of alkyl halides is 3. The largest absolute Gasteiger partial charge is 0.495 e. The summed E-state index contributed by atoms with van der Waals surface area (Å²) < 4.78 is 81.9. The summed E-state index contributed by atoms with van der Waals surface area (Å²) in [5.41, 5.74) is -0.219. The minimum absolute atomic E-state index is 0.0172. The smallest absolute Gasteiger partial charge is 0.406 e. The van der Waals surface area contributed by atoms with E-state index in [2.05, 4.69) is 0 Å². The Kier molecular flexibility index (Phi) is 6.92. The Morgan fingerprint density at radius 1 is 1.23 bits per heavy atom. The van der Waals surface area contributed by atoms with Gasteiger partial charge in [0.05, 0.1) is 33.1 Å². The second-order valence-electron chi connectivity index (χ2n) is 6.74. The second-order valence-corrected chi connectivity index (χ2v) is 8.64. The van der Waals surface area contributed by atoms with Crippen molar-refractivity contribution in [1.82, 2.24) is 9.21 Å². The SMILES string of the molecule is COc1ccc(C(=O)N(Cc2ccco2)CC(F)(F)F)cc1S(=O)(=O)N1CCOCC1. The second kappa shape index (κ2) is 9.28. The third-order valence-corrected chi connectivity index (χ3v) is 6.50. The molecule has 0 unspecified atom stereocenters. The molecular weight excluding hydrogens is 441 g/mol. The number of ether oxygens (including phenoxy) is 2. The number of furan rings is 1. The Balaban J connectivity index is 1.96. The van der Waals surface area contributed by atoms with Crippen molar-refractivity contribution < 1.29 is 40.3 Å². The number of hydrogen-bond donors (Lipinski definition) is 0. The normalized spacial score (nSPS) is 15.6. The highest BCUT2D eigenvalue weighted by atomic mass is 32.2. The molecule has 1 amide bonds. The first-order valence-electron chi connectivity index (χ1n) is 9.26. The zero-order valence-electron chi connectivity index (χ0n) is 16.6. The first-order valence-corrected chi connectivity index (χ1v) is 10.7. The lowest BCUT2D eigenvalue weighted by atomic mass is 10.2. The van der Waals surface area contributed by atoms with Gasteiger partial charge in [0.15, 0.2) is 0 Å². The molecule has 0 radical (unpaired) electrons. The summed E-state index contributed by atoms with van der Waals surface area (Å²) in [4.78, 5) is 13.2. The number of hydrogen-bond acceptors (Lipinski definition) is 6. The fraction of sp³-hybridized carbons (Fsp3) is 0.421. The average molecular weight is 462 g/mol. The van der Waals surface area contributed by atoms with Crippen LogP contribution >= 0.6 is 0 Å². The van der Waals surface area contributed by atoms with Crippen LogP contribution in [0.25, 0.3) is 0 Å². The molecule has 0 spiro atoms. The number of amides is 1. The van der Waals surface area contributed by atoms with Gasteiger partial charge in [-0.1, -0.05) is 0 Å². The summed E-state index contributed by atoms with van der Waals surface area (Å²) in [5.74, 6) is -0.849. The number of benzene rings is 1. The van der Waals surface area contributed by atoms with Gasteiger partial charge >= 0.3 is 6.18 Å². The maximum atomic E-state index is 13.1. The quantitative estimate of drug-likeness (QED) is 0.628. The third kappa shape index (κ3) is 5.57. The standard InChI is InChI=1S/C19H21F3N2O6S/c1-28-16-5-4-14(11-17(16)31(26,27)24-6-9-29-10-7-24)18(25)23(13-19(20,21)22)12-15-3-2-8-30-15/h2-5,8,11H,6-7,9-10,12-13H2,1H3. The molecule has 1 saturated heterocycles. The van der Waals surface area contributed by atoms with Gasteiger partial charge in [0.25, 0.3) is 5.91 Å². The number of carbonyl (C=O) groups excluding carboxylic acids is 1. The van der Waals surface area contributed by atoms with E-state index in [1.807, 2.05) is 0 Å². The Morgan fingerprint density at radius 3 is 2.52 bits per heavy atom. The molecule has 2 heterocycles. The van der Waals surface area contributed by atoms with Crippen LogP contribution in [0, 0.1) is 0 Å². The predicted octanol–water partition coefficient (Wildman–Crippen LogP) is 2.51. The summed E-state index contributed by atoms with van der Waals surface area (Å²) in [7, 11) is -2.79. The molecule has 0 aliphatic carbocycles. The fourth-order valence-corrected chi connectivity index (χ4v) is 4.72. The van der Waals surface area contributed by atoms with Gasteiger partial charge in [0.2, 0.25) is 10.0 Å². The summed E-state index contributed by atoms with van der Waals surface area (Å²) in [6, 6.07) is 6.45. The topological polar surface area (TPSA) is 89.3 Å². The molecule has 170 valence electrons. The van der Waals surface area contributed by atoms with E-state index in [4.69, 9.17) is 13.9 Å². The van der Waals surface area contributed by atoms with E-state index in [-0.39, 0.29) is 48.3 Å². The van der Waals surface area contributed by atoms with Gasteiger partial charge < -0.3 is 18.8 Å². The molecule has 1 aromatic carbocycles. The Labute approximate surface area is 177 Å². The lowest BCUT2D eigenvalue weighted by Crippen LogP contribution is -2.41. The molecule has 1 fully saturated rings. The van der Waals surface area contributed by atoms with Crippen LogP contribution in [0.5, 0.6) is 5.75 Å². The molecule has 1 aliphatic heterocycles. The zero-order chi connectivity index (χ0) is 22.6. The summed E-state index contributed by atoms with van der Waals surface area (Å²) >= 11 is 0. The van der Waals surface area contributed by atoms with Gasteiger partial charge in [-0.15, -0.1) is 0 Å². The van der Waals surface area contributed by atoms with Crippen LogP contribution in [0.15, 0.2) is 45.9 Å². The van der Waals surface area contributed by atoms with E-state index in [1.165, 1.54) is 41.9 Å². The highest BCUT2D eigenvalue weighted by molar-refractivity contribution is 7.89. The number of rotatable bonds is 7. The van der Waals surface area contributed by atoms with E-state index in [9.17, 15) is 26.4 Å². The highest BCUT2D eigenvalue weighted by Gasteiger charge is 2.35. The molecule has 1 aromatic heterocycles. The molecule has 12 heteroatoms. The first kappa shape index (κ1) is 23.1. The van der Waals surface area contributed by atoms with Crippen LogP contribution in [-0.2, 0) is 21.3 Å². The number of morpholine rings is 1. The van der Waals surface area contributed by atoms with Crippen molar-refractivity contribution in [1.29, 1.82) is 0 Å². The lowest BCUT2D eigenvalue weighted by Gasteiger charge is -2.27. The van der Waals surface area contributed by atoms with Crippen LogP contribution in [0.4, 0.5) is 13.2 Å². The zero-order valence-corrected chi connectivity index (χ0v) is 17.4. The van der Waals surface area contributed by atoms with E-state index in [1.54, 1.807) is 0 Å². The third-order valence-electron chi connectivity index (χ3n) is 4.58. The minimum Gasteiger partial charge on any atom is -0.495 e. The first-order chi connectivity index (χ1) is 14.6. The molecule has 0 bridgehead atoms. The number of methoxy groups -OCH3 is 1. The van der Waals surface area contributed by atoms with E-state index in [0.29, 0.717) is 4.90 Å². The van der Waals surface area contributed by atoms with Crippen molar-refractivity contribution in [2.75, 3.05) is 40.0 Å². The van der Waals surface area contributed by atoms with Crippen LogP contribution in [0.2, 0.25) is 0 Å². The van der Waals surface area contributed by atoms with Crippen LogP contribution < -0.4 is 4.74 Å². The van der Waals surface area contributed by atoms with Gasteiger partial charge in [0.1, 0.15) is 22.9 Å². The van der Waals surface area contributed by atoms with Gasteiger partial charge in [-0.05, 0) is 30.3 Å². The van der Waals surface area contributed by atoms with E-state index < -0.39 is 35.2 Å². The summed E-state index contributed by atoms with van der Waals surface area (Å²) in [6.45, 7) is -1.30. The Hall–Kier alpha value is -2.57. The van der Waals surface area contributed by atoms with Crippen molar-refractivity contribution in [3.63, 3.8) is 0 Å². The number of halogens is 3. The Morgan fingerprint density at radius 2 is 1.94 bits per heavy atom. The molecule has 3 rings (SSSR count). The number of sulfonamides is 1. The summed E-state index contributed by atoms with van der Waals surface area (Å²) in [6.07, 6.45) is -3.37. The monoisotopic (exact) mass is 462 g/mol. The van der Waals surface area contributed by atoms with Gasteiger partial charge in [0, 0.05) is 18.7 Å². The van der Waals surface area contributed by atoms with Gasteiger partial charge in [-0.3, -0.25) is 4.79 Å². The van der Waals surface area contributed by atoms with E-state index >= 15 is 0 Å². The molecular formula is C19H21F3N2O6S. The Bertz CT molecular complexity index is 1000. The molecule has 2 aromatic rings. The average Bonchev–Trinajstić information content (AvgIpc) is 3.25. The molecule has 0 saturated carbocycles.